The van der Waals surface area contributed by atoms with Crippen molar-refractivity contribution < 1.29 is 10.0 Å². The molecule has 26 heavy (non-hydrogen) atoms. The zero-order valence-electron chi connectivity index (χ0n) is 14.2. The van der Waals surface area contributed by atoms with Crippen LogP contribution >= 0.6 is 0 Å². The molecule has 2 aromatic carbocycles. The van der Waals surface area contributed by atoms with Gasteiger partial charge in [0.2, 0.25) is 11.9 Å². The highest BCUT2D eigenvalue weighted by atomic mass is 16.5. The highest BCUT2D eigenvalue weighted by molar-refractivity contribution is 5.78. The van der Waals surface area contributed by atoms with E-state index in [9.17, 15) is 9.59 Å². The summed E-state index contributed by atoms with van der Waals surface area (Å²) in [6.07, 6.45) is 2.75. The van der Waals surface area contributed by atoms with Crippen molar-refractivity contribution in [2.24, 2.45) is 0 Å². The van der Waals surface area contributed by atoms with Gasteiger partial charge in [-0.25, -0.2) is 10.5 Å². The van der Waals surface area contributed by atoms with Crippen LogP contribution < -0.4 is 16.4 Å². The normalized spacial score (nSPS) is 10.7. The topological polar surface area (TPSA) is 107 Å². The molecule has 4 N–H and O–H groups in total. The number of para-hydroxylation sites is 1. The molecule has 0 spiro atoms. The third kappa shape index (κ3) is 4.46. The van der Waals surface area contributed by atoms with E-state index in [1.54, 1.807) is 23.7 Å². The molecule has 1 aromatic heterocycles. The molecule has 3 rings (SSSR count). The van der Waals surface area contributed by atoms with Gasteiger partial charge in [-0.05, 0) is 49.1 Å². The predicted octanol–water partition coefficient (Wildman–Crippen LogP) is 2.88. The largest absolute Gasteiger partial charge is 0.326 e. The van der Waals surface area contributed by atoms with Gasteiger partial charge in [0.05, 0.1) is 10.9 Å². The van der Waals surface area contributed by atoms with E-state index in [1.807, 2.05) is 30.3 Å². The summed E-state index contributed by atoms with van der Waals surface area (Å²) in [6, 6.07) is 15.0. The summed E-state index contributed by atoms with van der Waals surface area (Å²) in [5.74, 6) is 0.0397. The minimum absolute atomic E-state index is 0.179. The summed E-state index contributed by atoms with van der Waals surface area (Å²) in [7, 11) is 0. The first-order valence-electron chi connectivity index (χ1n) is 8.43. The van der Waals surface area contributed by atoms with Crippen LogP contribution in [0.3, 0.4) is 0 Å². The van der Waals surface area contributed by atoms with Gasteiger partial charge in [-0.15, -0.1) is 0 Å². The van der Waals surface area contributed by atoms with Crippen LogP contribution in [0.25, 0.3) is 10.9 Å². The van der Waals surface area contributed by atoms with Gasteiger partial charge in [0.15, 0.2) is 0 Å². The fourth-order valence-electron chi connectivity index (χ4n) is 2.71. The summed E-state index contributed by atoms with van der Waals surface area (Å²) >= 11 is 0. The molecule has 1 amide bonds. The van der Waals surface area contributed by atoms with Gasteiger partial charge in [0.25, 0.3) is 5.56 Å². The quantitative estimate of drug-likeness (QED) is 0.297. The number of aryl methyl sites for hydroxylation is 1. The molecule has 134 valence electrons. The Kier molecular flexibility index (Phi) is 5.60. The lowest BCUT2D eigenvalue weighted by molar-refractivity contribution is -0.129. The molecule has 0 fully saturated rings. The van der Waals surface area contributed by atoms with Crippen LogP contribution in [0.4, 0.5) is 11.6 Å². The summed E-state index contributed by atoms with van der Waals surface area (Å²) in [5, 5.41) is 12.1. The number of rotatable bonds is 7. The Morgan fingerprint density at radius 1 is 1.08 bits per heavy atom. The Bertz CT molecular complexity index is 951. The van der Waals surface area contributed by atoms with Crippen molar-refractivity contribution in [3.63, 3.8) is 0 Å². The number of nitrogens with zero attached hydrogens (tertiary/aromatic N) is 1. The van der Waals surface area contributed by atoms with Crippen LogP contribution in [0, 0.1) is 0 Å². The molecule has 0 aliphatic heterocycles. The standard InChI is InChI=1S/C19H20N4O3/c24-17(23-26)8-4-1-5-13-9-11-14(12-10-13)20-19-21-16-7-3-2-6-15(16)18(25)22-19/h2-3,6-7,9-12,26H,1,4-5,8H2,(H,23,24)(H2,20,21,22,25). The average Bonchev–Trinajstić information content (AvgIpc) is 2.66. The van der Waals surface area contributed by atoms with Crippen molar-refractivity contribution in [1.29, 1.82) is 0 Å². The van der Waals surface area contributed by atoms with Crippen LogP contribution in [0.5, 0.6) is 0 Å². The smallest absolute Gasteiger partial charge is 0.260 e. The van der Waals surface area contributed by atoms with Gasteiger partial charge < -0.3 is 5.32 Å². The molecule has 7 heteroatoms. The SMILES string of the molecule is O=C(CCCCc1ccc(Nc2nc3ccccc3c(=O)[nH]2)cc1)NO. The number of H-pyrrole nitrogens is 1. The first-order chi connectivity index (χ1) is 12.7. The lowest BCUT2D eigenvalue weighted by atomic mass is 10.1. The number of anilines is 2. The number of hydroxylamine groups is 1. The number of amides is 1. The molecular formula is C19H20N4O3. The van der Waals surface area contributed by atoms with Gasteiger partial charge >= 0.3 is 0 Å². The number of aromatic nitrogens is 2. The highest BCUT2D eigenvalue weighted by Crippen LogP contribution is 2.16. The lowest BCUT2D eigenvalue weighted by Gasteiger charge is -2.08. The minimum Gasteiger partial charge on any atom is -0.326 e. The fourth-order valence-corrected chi connectivity index (χ4v) is 2.71. The minimum atomic E-state index is -0.360. The molecule has 0 atom stereocenters. The second-order valence-corrected chi connectivity index (χ2v) is 6.00. The Labute approximate surface area is 150 Å². The molecule has 0 saturated carbocycles. The number of unbranched alkanes of at least 4 members (excludes halogenated alkanes) is 1. The van der Waals surface area contributed by atoms with Gasteiger partial charge in [-0.3, -0.25) is 19.8 Å². The van der Waals surface area contributed by atoms with E-state index in [1.165, 1.54) is 0 Å². The van der Waals surface area contributed by atoms with Crippen molar-refractivity contribution >= 4 is 28.4 Å². The van der Waals surface area contributed by atoms with Crippen molar-refractivity contribution in [3.05, 3.63) is 64.4 Å². The maximum atomic E-state index is 12.1. The zero-order valence-corrected chi connectivity index (χ0v) is 14.2. The average molecular weight is 352 g/mol. The maximum absolute atomic E-state index is 12.1. The number of carbonyl (C=O) groups excluding carboxylic acids is 1. The van der Waals surface area contributed by atoms with E-state index in [4.69, 9.17) is 5.21 Å². The summed E-state index contributed by atoms with van der Waals surface area (Å²) in [6.45, 7) is 0. The van der Waals surface area contributed by atoms with Crippen LogP contribution in [0.2, 0.25) is 0 Å². The van der Waals surface area contributed by atoms with Gasteiger partial charge in [0.1, 0.15) is 0 Å². The third-order valence-corrected chi connectivity index (χ3v) is 4.07. The van der Waals surface area contributed by atoms with E-state index >= 15 is 0 Å². The monoisotopic (exact) mass is 352 g/mol. The molecule has 0 bridgehead atoms. The molecule has 0 aliphatic carbocycles. The van der Waals surface area contributed by atoms with Crippen LogP contribution in [0.15, 0.2) is 53.3 Å². The number of carbonyl (C=O) groups is 1. The molecule has 0 radical (unpaired) electrons. The molecule has 0 saturated heterocycles. The fraction of sp³-hybridized carbons (Fsp3) is 0.211. The Balaban J connectivity index is 1.61. The molecule has 0 unspecified atom stereocenters. The van der Waals surface area contributed by atoms with E-state index in [0.717, 1.165) is 24.1 Å². The van der Waals surface area contributed by atoms with Crippen molar-refractivity contribution in [2.75, 3.05) is 5.32 Å². The molecule has 7 nitrogen and oxygen atoms in total. The number of aromatic amines is 1. The van der Waals surface area contributed by atoms with Crippen molar-refractivity contribution in [2.45, 2.75) is 25.7 Å². The molecule has 0 aliphatic rings. The second kappa shape index (κ2) is 8.26. The Morgan fingerprint density at radius 2 is 1.85 bits per heavy atom. The van der Waals surface area contributed by atoms with Crippen LogP contribution in [-0.2, 0) is 11.2 Å². The Hall–Kier alpha value is -3.19. The van der Waals surface area contributed by atoms with Crippen molar-refractivity contribution in [3.8, 4) is 0 Å². The number of fused-ring (bicyclic) bond motifs is 1. The molecular weight excluding hydrogens is 332 g/mol. The highest BCUT2D eigenvalue weighted by Gasteiger charge is 2.04. The number of nitrogens with one attached hydrogen (secondary N) is 3. The third-order valence-electron chi connectivity index (χ3n) is 4.07. The van der Waals surface area contributed by atoms with E-state index < -0.39 is 0 Å². The first-order valence-corrected chi connectivity index (χ1v) is 8.43. The van der Waals surface area contributed by atoms with E-state index in [-0.39, 0.29) is 11.5 Å². The maximum Gasteiger partial charge on any atom is 0.260 e. The summed E-state index contributed by atoms with van der Waals surface area (Å²) in [5.41, 5.74) is 4.07. The predicted molar refractivity (Wildman–Crippen MR) is 99.6 cm³/mol. The molecule has 3 aromatic rings. The van der Waals surface area contributed by atoms with E-state index in [0.29, 0.717) is 29.7 Å². The number of benzene rings is 2. The lowest BCUT2D eigenvalue weighted by Crippen LogP contribution is -2.17. The van der Waals surface area contributed by atoms with Crippen LogP contribution in [0.1, 0.15) is 24.8 Å². The summed E-state index contributed by atoms with van der Waals surface area (Å²) < 4.78 is 0. The van der Waals surface area contributed by atoms with E-state index in [2.05, 4.69) is 15.3 Å². The second-order valence-electron chi connectivity index (χ2n) is 6.00. The van der Waals surface area contributed by atoms with Gasteiger partial charge in [0, 0.05) is 12.1 Å². The zero-order chi connectivity index (χ0) is 18.4. The number of hydrogen-bond acceptors (Lipinski definition) is 5. The number of hydrogen-bond donors (Lipinski definition) is 4. The molecule has 1 heterocycles. The van der Waals surface area contributed by atoms with Gasteiger partial charge in [-0.1, -0.05) is 24.3 Å². The van der Waals surface area contributed by atoms with Crippen molar-refractivity contribution in [1.82, 2.24) is 15.4 Å². The Morgan fingerprint density at radius 3 is 2.62 bits per heavy atom. The summed E-state index contributed by atoms with van der Waals surface area (Å²) in [4.78, 5) is 30.2. The van der Waals surface area contributed by atoms with Crippen LogP contribution in [-0.4, -0.2) is 21.1 Å². The first kappa shape index (κ1) is 17.6. The van der Waals surface area contributed by atoms with Gasteiger partial charge in [-0.2, -0.15) is 0 Å².